The number of halogens is 1. The molecule has 0 bridgehead atoms. The fourth-order valence-corrected chi connectivity index (χ4v) is 3.79. The van der Waals surface area contributed by atoms with Crippen LogP contribution in [0.2, 0.25) is 0 Å². The van der Waals surface area contributed by atoms with Crippen LogP contribution in [0.25, 0.3) is 0 Å². The van der Waals surface area contributed by atoms with E-state index >= 15 is 0 Å². The van der Waals surface area contributed by atoms with E-state index in [1.54, 1.807) is 0 Å². The number of hydrogen-bond donors (Lipinski definition) is 3. The molecule has 0 radical (unpaired) electrons. The van der Waals surface area contributed by atoms with E-state index in [0.717, 1.165) is 12.8 Å². The predicted octanol–water partition coefficient (Wildman–Crippen LogP) is 2.32. The highest BCUT2D eigenvalue weighted by atomic mass is 35.5. The van der Waals surface area contributed by atoms with Gasteiger partial charge in [0.2, 0.25) is 11.8 Å². The van der Waals surface area contributed by atoms with E-state index in [1.165, 1.54) is 24.0 Å². The number of rotatable bonds is 5. The first kappa shape index (κ1) is 20.7. The quantitative estimate of drug-likeness (QED) is 0.735. The molecule has 0 spiro atoms. The maximum absolute atomic E-state index is 12.7. The molecule has 1 aliphatic heterocycles. The van der Waals surface area contributed by atoms with Gasteiger partial charge in [-0.1, -0.05) is 51.0 Å². The van der Waals surface area contributed by atoms with Crippen LogP contribution in [0.5, 0.6) is 0 Å². The summed E-state index contributed by atoms with van der Waals surface area (Å²) in [5.74, 6) is -0.0811. The van der Waals surface area contributed by atoms with Gasteiger partial charge < -0.3 is 16.0 Å². The Hall–Kier alpha value is -1.59. The SMILES string of the molecule is CC(C)[C@H](NC(=O)[C@@H]1Cc2ccccc2CN1)C(=O)NC1CCCC1.Cl. The average molecular weight is 380 g/mol. The van der Waals surface area contributed by atoms with Gasteiger partial charge in [-0.2, -0.15) is 0 Å². The van der Waals surface area contributed by atoms with Crippen LogP contribution in [0.1, 0.15) is 50.7 Å². The zero-order valence-electron chi connectivity index (χ0n) is 15.6. The molecular formula is C20H30ClN3O2. The summed E-state index contributed by atoms with van der Waals surface area (Å²) in [6.45, 7) is 4.64. The monoisotopic (exact) mass is 379 g/mol. The van der Waals surface area contributed by atoms with Crippen molar-refractivity contribution >= 4 is 24.2 Å². The molecule has 1 saturated carbocycles. The minimum absolute atomic E-state index is 0. The lowest BCUT2D eigenvalue weighted by atomic mass is 9.94. The fraction of sp³-hybridized carbons (Fsp3) is 0.600. The summed E-state index contributed by atoms with van der Waals surface area (Å²) < 4.78 is 0. The average Bonchev–Trinajstić information content (AvgIpc) is 3.11. The Morgan fingerprint density at radius 3 is 2.42 bits per heavy atom. The molecule has 5 nitrogen and oxygen atoms in total. The first-order chi connectivity index (χ1) is 12.0. The molecule has 6 heteroatoms. The van der Waals surface area contributed by atoms with Crippen LogP contribution < -0.4 is 16.0 Å². The van der Waals surface area contributed by atoms with Gasteiger partial charge in [-0.3, -0.25) is 9.59 Å². The highest BCUT2D eigenvalue weighted by molar-refractivity contribution is 5.90. The number of benzene rings is 1. The van der Waals surface area contributed by atoms with Gasteiger partial charge in [0.05, 0.1) is 6.04 Å². The Balaban J connectivity index is 0.00000243. The summed E-state index contributed by atoms with van der Waals surface area (Å²) >= 11 is 0. The highest BCUT2D eigenvalue weighted by Gasteiger charge is 2.31. The summed E-state index contributed by atoms with van der Waals surface area (Å²) in [7, 11) is 0. The number of carbonyl (C=O) groups is 2. The second-order valence-electron chi connectivity index (χ2n) is 7.63. The number of amides is 2. The molecule has 1 heterocycles. The van der Waals surface area contributed by atoms with Crippen molar-refractivity contribution in [1.82, 2.24) is 16.0 Å². The molecule has 1 aromatic rings. The van der Waals surface area contributed by atoms with E-state index in [0.29, 0.717) is 13.0 Å². The molecule has 1 aromatic carbocycles. The summed E-state index contributed by atoms with van der Waals surface area (Å²) in [5, 5.41) is 9.38. The van der Waals surface area contributed by atoms with Crippen LogP contribution in [0.4, 0.5) is 0 Å². The van der Waals surface area contributed by atoms with Crippen molar-refractivity contribution < 1.29 is 9.59 Å². The van der Waals surface area contributed by atoms with Crippen LogP contribution in [-0.2, 0) is 22.6 Å². The molecule has 3 N–H and O–H groups in total. The number of carbonyl (C=O) groups excluding carboxylic acids is 2. The minimum atomic E-state index is -0.480. The van der Waals surface area contributed by atoms with Crippen molar-refractivity contribution in [2.24, 2.45) is 5.92 Å². The third-order valence-electron chi connectivity index (χ3n) is 5.35. The van der Waals surface area contributed by atoms with Crippen molar-refractivity contribution in [2.45, 2.75) is 70.6 Å². The van der Waals surface area contributed by atoms with Crippen molar-refractivity contribution in [1.29, 1.82) is 0 Å². The van der Waals surface area contributed by atoms with Gasteiger partial charge >= 0.3 is 0 Å². The number of hydrogen-bond acceptors (Lipinski definition) is 3. The lowest BCUT2D eigenvalue weighted by molar-refractivity contribution is -0.131. The Morgan fingerprint density at radius 2 is 1.77 bits per heavy atom. The zero-order valence-corrected chi connectivity index (χ0v) is 16.4. The van der Waals surface area contributed by atoms with Gasteiger partial charge in [0.15, 0.2) is 0 Å². The van der Waals surface area contributed by atoms with E-state index in [1.807, 2.05) is 26.0 Å². The molecule has 1 fully saturated rings. The third kappa shape index (κ3) is 4.98. The van der Waals surface area contributed by atoms with Crippen molar-refractivity contribution in [3.8, 4) is 0 Å². The van der Waals surface area contributed by atoms with Crippen LogP contribution in [-0.4, -0.2) is 29.9 Å². The van der Waals surface area contributed by atoms with E-state index in [-0.39, 0.29) is 42.2 Å². The minimum Gasteiger partial charge on any atom is -0.352 e. The Morgan fingerprint density at radius 1 is 1.12 bits per heavy atom. The van der Waals surface area contributed by atoms with Gasteiger partial charge in [0, 0.05) is 12.6 Å². The standard InChI is InChI=1S/C20H29N3O2.ClH/c1-13(2)18(20(25)22-16-9-5-6-10-16)23-19(24)17-11-14-7-3-4-8-15(14)12-21-17;/h3-4,7-8,13,16-18,21H,5-6,9-12H2,1-2H3,(H,22,25)(H,23,24);1H/t17-,18-;/m0./s1. The molecule has 26 heavy (non-hydrogen) atoms. The topological polar surface area (TPSA) is 70.2 Å². The molecule has 2 amide bonds. The second kappa shape index (κ2) is 9.38. The van der Waals surface area contributed by atoms with Crippen LogP contribution >= 0.6 is 12.4 Å². The molecule has 2 atom stereocenters. The molecule has 2 aliphatic rings. The summed E-state index contributed by atoms with van der Waals surface area (Å²) in [6, 6.07) is 7.69. The maximum Gasteiger partial charge on any atom is 0.243 e. The predicted molar refractivity (Wildman–Crippen MR) is 105 cm³/mol. The van der Waals surface area contributed by atoms with Crippen LogP contribution in [0.3, 0.4) is 0 Å². The Bertz CT molecular complexity index is 629. The van der Waals surface area contributed by atoms with E-state index < -0.39 is 6.04 Å². The lowest BCUT2D eigenvalue weighted by Crippen LogP contribution is -2.56. The maximum atomic E-state index is 12.7. The Labute approximate surface area is 162 Å². The summed E-state index contributed by atoms with van der Waals surface area (Å²) in [6.07, 6.45) is 5.11. The number of fused-ring (bicyclic) bond motifs is 1. The zero-order chi connectivity index (χ0) is 17.8. The molecule has 0 saturated heterocycles. The van der Waals surface area contributed by atoms with E-state index in [4.69, 9.17) is 0 Å². The summed E-state index contributed by atoms with van der Waals surface area (Å²) in [5.41, 5.74) is 2.45. The van der Waals surface area contributed by atoms with Gasteiger partial charge in [-0.05, 0) is 36.3 Å². The molecule has 0 unspecified atom stereocenters. The molecule has 144 valence electrons. The fourth-order valence-electron chi connectivity index (χ4n) is 3.79. The second-order valence-corrected chi connectivity index (χ2v) is 7.63. The largest absolute Gasteiger partial charge is 0.352 e. The molecule has 3 rings (SSSR count). The van der Waals surface area contributed by atoms with Gasteiger partial charge in [-0.25, -0.2) is 0 Å². The molecular weight excluding hydrogens is 350 g/mol. The van der Waals surface area contributed by atoms with Crippen molar-refractivity contribution in [2.75, 3.05) is 0 Å². The first-order valence-corrected chi connectivity index (χ1v) is 9.45. The third-order valence-corrected chi connectivity index (χ3v) is 5.35. The van der Waals surface area contributed by atoms with Gasteiger partial charge in [0.25, 0.3) is 0 Å². The molecule has 0 aromatic heterocycles. The van der Waals surface area contributed by atoms with E-state index in [2.05, 4.69) is 28.1 Å². The normalized spacial score (nSPS) is 20.8. The Kier molecular flexibility index (Phi) is 7.47. The lowest BCUT2D eigenvalue weighted by Gasteiger charge is -2.29. The number of nitrogens with one attached hydrogen (secondary N) is 3. The highest BCUT2D eigenvalue weighted by Crippen LogP contribution is 2.19. The smallest absolute Gasteiger partial charge is 0.243 e. The van der Waals surface area contributed by atoms with Crippen LogP contribution in [0.15, 0.2) is 24.3 Å². The van der Waals surface area contributed by atoms with Crippen molar-refractivity contribution in [3.05, 3.63) is 35.4 Å². The molecule has 1 aliphatic carbocycles. The van der Waals surface area contributed by atoms with Crippen molar-refractivity contribution in [3.63, 3.8) is 0 Å². The van der Waals surface area contributed by atoms with Crippen LogP contribution in [0, 0.1) is 5.92 Å². The first-order valence-electron chi connectivity index (χ1n) is 9.45. The van der Waals surface area contributed by atoms with Gasteiger partial charge in [-0.15, -0.1) is 12.4 Å². The van der Waals surface area contributed by atoms with Gasteiger partial charge in [0.1, 0.15) is 6.04 Å². The summed E-state index contributed by atoms with van der Waals surface area (Å²) in [4.78, 5) is 25.3. The van der Waals surface area contributed by atoms with E-state index in [9.17, 15) is 9.59 Å².